The van der Waals surface area contributed by atoms with Crippen molar-refractivity contribution in [3.8, 4) is 17.0 Å². The van der Waals surface area contributed by atoms with E-state index >= 15 is 0 Å². The molecular formula is C17H25N3O. The highest BCUT2D eigenvalue weighted by atomic mass is 16.5. The number of benzene rings is 1. The Bertz CT molecular complexity index is 623. The fourth-order valence-electron chi connectivity index (χ4n) is 2.58. The maximum Gasteiger partial charge on any atom is 0.132 e. The smallest absolute Gasteiger partial charge is 0.132 e. The topological polar surface area (TPSA) is 53.1 Å². The van der Waals surface area contributed by atoms with E-state index in [-0.39, 0.29) is 5.54 Å². The summed E-state index contributed by atoms with van der Waals surface area (Å²) in [6, 6.07) is 7.94. The van der Waals surface area contributed by atoms with Gasteiger partial charge in [0.2, 0.25) is 0 Å². The molecule has 2 aromatic rings. The Labute approximate surface area is 127 Å². The Morgan fingerprint density at radius 3 is 2.48 bits per heavy atom. The number of aromatic nitrogens is 2. The van der Waals surface area contributed by atoms with E-state index in [1.54, 1.807) is 0 Å². The highest BCUT2D eigenvalue weighted by Gasteiger charge is 2.23. The summed E-state index contributed by atoms with van der Waals surface area (Å²) in [5.74, 6) is 2.57. The summed E-state index contributed by atoms with van der Waals surface area (Å²) in [7, 11) is 0. The first-order valence-electron chi connectivity index (χ1n) is 7.49. The van der Waals surface area contributed by atoms with Crippen LogP contribution in [0.25, 0.3) is 11.3 Å². The summed E-state index contributed by atoms with van der Waals surface area (Å²) in [6.45, 7) is 11.2. The molecule has 0 unspecified atom stereocenters. The molecule has 1 aromatic heterocycles. The van der Waals surface area contributed by atoms with Crippen molar-refractivity contribution < 1.29 is 4.74 Å². The zero-order valence-electron chi connectivity index (χ0n) is 13.6. The van der Waals surface area contributed by atoms with Gasteiger partial charge in [0.25, 0.3) is 0 Å². The molecule has 2 rings (SSSR count). The van der Waals surface area contributed by atoms with Crippen LogP contribution in [0.3, 0.4) is 0 Å². The predicted molar refractivity (Wildman–Crippen MR) is 87.6 cm³/mol. The molecular weight excluding hydrogens is 262 g/mol. The van der Waals surface area contributed by atoms with E-state index in [2.05, 4.69) is 32.3 Å². The minimum absolute atomic E-state index is 0.0851. The largest absolute Gasteiger partial charge is 0.494 e. The first-order valence-corrected chi connectivity index (χ1v) is 7.49. The summed E-state index contributed by atoms with van der Waals surface area (Å²) >= 11 is 0. The molecule has 0 amide bonds. The van der Waals surface area contributed by atoms with Crippen molar-refractivity contribution in [1.82, 2.24) is 9.55 Å². The number of anilines is 1. The zero-order valence-corrected chi connectivity index (χ0v) is 13.6. The summed E-state index contributed by atoms with van der Waals surface area (Å²) in [6.07, 6.45) is 0.854. The minimum Gasteiger partial charge on any atom is -0.494 e. The third-order valence-corrected chi connectivity index (χ3v) is 3.39. The second-order valence-corrected chi connectivity index (χ2v) is 6.08. The first kappa shape index (κ1) is 15.4. The predicted octanol–water partition coefficient (Wildman–Crippen LogP) is 3.85. The second kappa shape index (κ2) is 5.80. The second-order valence-electron chi connectivity index (χ2n) is 6.08. The van der Waals surface area contributed by atoms with Crippen LogP contribution in [0.4, 0.5) is 5.82 Å². The van der Waals surface area contributed by atoms with Crippen LogP contribution < -0.4 is 10.5 Å². The number of aryl methyl sites for hydroxylation is 1. The lowest BCUT2D eigenvalue weighted by Gasteiger charge is -2.24. The van der Waals surface area contributed by atoms with E-state index in [0.29, 0.717) is 12.4 Å². The maximum atomic E-state index is 6.38. The van der Waals surface area contributed by atoms with Crippen LogP contribution in [0.5, 0.6) is 5.75 Å². The third kappa shape index (κ3) is 3.04. The summed E-state index contributed by atoms with van der Waals surface area (Å²) in [4.78, 5) is 4.75. The van der Waals surface area contributed by atoms with Gasteiger partial charge in [0.15, 0.2) is 0 Å². The SMILES string of the molecule is CCOc1cccc(-c2nc(CC)n(C(C)(C)C)c2N)c1. The number of nitrogens with two attached hydrogens (primary N) is 1. The lowest BCUT2D eigenvalue weighted by molar-refractivity contribution is 0.340. The van der Waals surface area contributed by atoms with Crippen molar-refractivity contribution in [1.29, 1.82) is 0 Å². The van der Waals surface area contributed by atoms with Gasteiger partial charge in [-0.1, -0.05) is 19.1 Å². The van der Waals surface area contributed by atoms with Gasteiger partial charge in [0, 0.05) is 17.5 Å². The van der Waals surface area contributed by atoms with Gasteiger partial charge in [0.05, 0.1) is 6.61 Å². The monoisotopic (exact) mass is 287 g/mol. The van der Waals surface area contributed by atoms with Crippen molar-refractivity contribution in [2.75, 3.05) is 12.3 Å². The lowest BCUT2D eigenvalue weighted by Crippen LogP contribution is -2.25. The van der Waals surface area contributed by atoms with E-state index in [9.17, 15) is 0 Å². The summed E-state index contributed by atoms with van der Waals surface area (Å²) < 4.78 is 7.68. The molecule has 0 spiro atoms. The molecule has 0 atom stereocenters. The molecule has 0 saturated carbocycles. The van der Waals surface area contributed by atoms with Crippen LogP contribution in [0.2, 0.25) is 0 Å². The van der Waals surface area contributed by atoms with E-state index in [1.807, 2.05) is 31.2 Å². The van der Waals surface area contributed by atoms with Crippen molar-refractivity contribution in [3.63, 3.8) is 0 Å². The fraction of sp³-hybridized carbons (Fsp3) is 0.471. The van der Waals surface area contributed by atoms with Crippen LogP contribution in [0.1, 0.15) is 40.4 Å². The van der Waals surface area contributed by atoms with E-state index < -0.39 is 0 Å². The lowest BCUT2D eigenvalue weighted by atomic mass is 10.1. The number of ether oxygens (including phenoxy) is 1. The summed E-state index contributed by atoms with van der Waals surface area (Å²) in [5, 5.41) is 0. The molecule has 0 aliphatic heterocycles. The normalized spacial score (nSPS) is 11.7. The molecule has 4 heteroatoms. The molecule has 0 saturated heterocycles. The first-order chi connectivity index (χ1) is 9.88. The fourth-order valence-corrected chi connectivity index (χ4v) is 2.58. The van der Waals surface area contributed by atoms with Crippen molar-refractivity contribution in [3.05, 3.63) is 30.1 Å². The highest BCUT2D eigenvalue weighted by Crippen LogP contribution is 2.33. The Hall–Kier alpha value is -1.97. The van der Waals surface area contributed by atoms with Crippen molar-refractivity contribution in [2.45, 2.75) is 46.6 Å². The van der Waals surface area contributed by atoms with Crippen LogP contribution in [-0.2, 0) is 12.0 Å². The Balaban J connectivity index is 2.55. The van der Waals surface area contributed by atoms with E-state index in [0.717, 1.165) is 29.3 Å². The van der Waals surface area contributed by atoms with Gasteiger partial charge in [-0.2, -0.15) is 0 Å². The Morgan fingerprint density at radius 1 is 1.24 bits per heavy atom. The zero-order chi connectivity index (χ0) is 15.6. The molecule has 0 fully saturated rings. The van der Waals surface area contributed by atoms with Gasteiger partial charge in [-0.25, -0.2) is 4.98 Å². The van der Waals surface area contributed by atoms with Crippen LogP contribution in [0.15, 0.2) is 24.3 Å². The van der Waals surface area contributed by atoms with Crippen LogP contribution in [0, 0.1) is 0 Å². The molecule has 0 bridgehead atoms. The average molecular weight is 287 g/mol. The van der Waals surface area contributed by atoms with Crippen molar-refractivity contribution >= 4 is 5.82 Å². The van der Waals surface area contributed by atoms with Gasteiger partial charge in [-0.05, 0) is 39.8 Å². The third-order valence-electron chi connectivity index (χ3n) is 3.39. The molecule has 0 radical (unpaired) electrons. The molecule has 1 aromatic carbocycles. The van der Waals surface area contributed by atoms with Gasteiger partial charge in [0.1, 0.15) is 23.1 Å². The summed E-state index contributed by atoms with van der Waals surface area (Å²) in [5.41, 5.74) is 8.13. The van der Waals surface area contributed by atoms with Crippen LogP contribution >= 0.6 is 0 Å². The number of hydrogen-bond acceptors (Lipinski definition) is 3. The number of hydrogen-bond donors (Lipinski definition) is 1. The van der Waals surface area contributed by atoms with Crippen LogP contribution in [-0.4, -0.2) is 16.2 Å². The number of nitrogen functional groups attached to an aromatic ring is 1. The van der Waals surface area contributed by atoms with Gasteiger partial charge < -0.3 is 15.0 Å². The molecule has 0 aliphatic rings. The maximum absolute atomic E-state index is 6.38. The number of rotatable bonds is 4. The van der Waals surface area contributed by atoms with Gasteiger partial charge in [-0.3, -0.25) is 0 Å². The van der Waals surface area contributed by atoms with Gasteiger partial charge in [-0.15, -0.1) is 0 Å². The average Bonchev–Trinajstić information content (AvgIpc) is 2.76. The molecule has 4 nitrogen and oxygen atoms in total. The number of imidazole rings is 1. The molecule has 2 N–H and O–H groups in total. The van der Waals surface area contributed by atoms with Crippen molar-refractivity contribution in [2.24, 2.45) is 0 Å². The molecule has 1 heterocycles. The minimum atomic E-state index is -0.0851. The Kier molecular flexibility index (Phi) is 4.26. The standard InChI is InChI=1S/C17H25N3O/c1-6-14-19-15(16(18)20(14)17(3,4)5)12-9-8-10-13(11-12)21-7-2/h8-11H,6-7,18H2,1-5H3. The van der Waals surface area contributed by atoms with E-state index in [4.69, 9.17) is 15.5 Å². The molecule has 21 heavy (non-hydrogen) atoms. The molecule has 114 valence electrons. The highest BCUT2D eigenvalue weighted by molar-refractivity contribution is 5.72. The number of nitrogens with zero attached hydrogens (tertiary/aromatic N) is 2. The van der Waals surface area contributed by atoms with E-state index in [1.165, 1.54) is 0 Å². The van der Waals surface area contributed by atoms with Gasteiger partial charge >= 0.3 is 0 Å². The molecule has 0 aliphatic carbocycles. The Morgan fingerprint density at radius 2 is 1.95 bits per heavy atom. The quantitative estimate of drug-likeness (QED) is 0.929.